The summed E-state index contributed by atoms with van der Waals surface area (Å²) in [6, 6.07) is 13.2. The van der Waals surface area contributed by atoms with Gasteiger partial charge in [-0.3, -0.25) is 4.98 Å². The van der Waals surface area contributed by atoms with Crippen molar-refractivity contribution in [2.45, 2.75) is 24.9 Å². The Labute approximate surface area is 200 Å². The molecule has 0 saturated heterocycles. The molecule has 0 aliphatic rings. The Morgan fingerprint density at radius 3 is 2.38 bits per heavy atom. The number of ether oxygens (including phenoxy) is 2. The predicted octanol–water partition coefficient (Wildman–Crippen LogP) is 6.01. The molecular formula is C25H23ClF3NO4. The summed E-state index contributed by atoms with van der Waals surface area (Å²) in [5.74, 6) is -3.48. The van der Waals surface area contributed by atoms with Crippen LogP contribution in [0.5, 0.6) is 5.75 Å². The topological polar surface area (TPSA) is 68.7 Å². The lowest BCUT2D eigenvalue weighted by Gasteiger charge is -2.29. The Morgan fingerprint density at radius 2 is 1.82 bits per heavy atom. The average Bonchev–Trinajstić information content (AvgIpc) is 2.82. The minimum atomic E-state index is -4.68. The summed E-state index contributed by atoms with van der Waals surface area (Å²) >= 11 is 6.24. The number of benzene rings is 2. The number of methoxy groups -OCH3 is 1. The number of carbonyl (C=O) groups excluding carboxylic acids is 1. The van der Waals surface area contributed by atoms with Crippen LogP contribution < -0.4 is 4.74 Å². The number of aromatic nitrogens is 1. The van der Waals surface area contributed by atoms with Gasteiger partial charge in [0, 0.05) is 22.7 Å². The molecule has 0 bridgehead atoms. The van der Waals surface area contributed by atoms with Gasteiger partial charge in [0.05, 0.1) is 37.5 Å². The van der Waals surface area contributed by atoms with Gasteiger partial charge in [0.2, 0.25) is 0 Å². The summed E-state index contributed by atoms with van der Waals surface area (Å²) in [6.07, 6.45) is -3.39. The van der Waals surface area contributed by atoms with Gasteiger partial charge in [-0.2, -0.15) is 13.2 Å². The lowest BCUT2D eigenvalue weighted by molar-refractivity contribution is -0.158. The van der Waals surface area contributed by atoms with Crippen molar-refractivity contribution in [2.24, 2.45) is 0 Å². The highest BCUT2D eigenvalue weighted by Crippen LogP contribution is 2.47. The number of alkyl halides is 3. The summed E-state index contributed by atoms with van der Waals surface area (Å²) in [5.41, 5.74) is 1.23. The van der Waals surface area contributed by atoms with Gasteiger partial charge in [-0.05, 0) is 54.4 Å². The summed E-state index contributed by atoms with van der Waals surface area (Å²) in [6.45, 7) is 1.15. The number of halogens is 4. The molecule has 0 amide bonds. The van der Waals surface area contributed by atoms with E-state index in [2.05, 4.69) is 4.98 Å². The molecule has 9 heteroatoms. The van der Waals surface area contributed by atoms with E-state index in [4.69, 9.17) is 21.1 Å². The smallest absolute Gasteiger partial charge is 0.396 e. The molecule has 2 aromatic carbocycles. The van der Waals surface area contributed by atoms with E-state index in [-0.39, 0.29) is 22.8 Å². The number of carbonyl (C=O) groups is 1. The fourth-order valence-corrected chi connectivity index (χ4v) is 4.07. The maximum absolute atomic E-state index is 14.3. The molecule has 34 heavy (non-hydrogen) atoms. The van der Waals surface area contributed by atoms with Gasteiger partial charge in [0.1, 0.15) is 5.75 Å². The second-order valence-corrected chi connectivity index (χ2v) is 7.88. The minimum Gasteiger partial charge on any atom is -0.497 e. The lowest BCUT2D eigenvalue weighted by Crippen LogP contribution is -2.29. The monoisotopic (exact) mass is 493 g/mol. The molecular weight excluding hydrogens is 471 g/mol. The zero-order valence-electron chi connectivity index (χ0n) is 18.5. The SMILES string of the molecule is CCOC(=O)c1ccc(-c2cc(C(C(CO)c3ccc(OC)cc3Cl)C(F)(F)F)ccn2)cc1. The van der Waals surface area contributed by atoms with Crippen LogP contribution in [0.4, 0.5) is 13.2 Å². The molecule has 1 aromatic heterocycles. The fraction of sp³-hybridized carbons (Fsp3) is 0.280. The largest absolute Gasteiger partial charge is 0.497 e. The van der Waals surface area contributed by atoms with E-state index in [9.17, 15) is 23.1 Å². The zero-order valence-corrected chi connectivity index (χ0v) is 19.2. The first kappa shape index (κ1) is 25.5. The minimum absolute atomic E-state index is 0.0662. The van der Waals surface area contributed by atoms with E-state index >= 15 is 0 Å². The quantitative estimate of drug-likeness (QED) is 0.389. The van der Waals surface area contributed by atoms with Crippen molar-refractivity contribution in [3.63, 3.8) is 0 Å². The third kappa shape index (κ3) is 5.69. The van der Waals surface area contributed by atoms with E-state index in [1.54, 1.807) is 19.1 Å². The van der Waals surface area contributed by atoms with Gasteiger partial charge in [0.25, 0.3) is 0 Å². The fourth-order valence-electron chi connectivity index (χ4n) is 3.76. The Kier molecular flexibility index (Phi) is 8.17. The first-order valence-electron chi connectivity index (χ1n) is 10.4. The molecule has 0 radical (unpaired) electrons. The van der Waals surface area contributed by atoms with Crippen molar-refractivity contribution in [2.75, 3.05) is 20.3 Å². The molecule has 1 N–H and O–H groups in total. The van der Waals surface area contributed by atoms with Crippen LogP contribution in [0.25, 0.3) is 11.3 Å². The maximum Gasteiger partial charge on any atom is 0.396 e. The van der Waals surface area contributed by atoms with E-state index in [1.165, 1.54) is 55.8 Å². The third-order valence-corrected chi connectivity index (χ3v) is 5.72. The number of aliphatic hydroxyl groups excluding tert-OH is 1. The Morgan fingerprint density at radius 1 is 1.12 bits per heavy atom. The van der Waals surface area contributed by atoms with Gasteiger partial charge in [-0.1, -0.05) is 29.8 Å². The molecule has 0 spiro atoms. The van der Waals surface area contributed by atoms with Crippen molar-refractivity contribution < 1.29 is 32.5 Å². The molecule has 2 atom stereocenters. The zero-order chi connectivity index (χ0) is 24.9. The highest BCUT2D eigenvalue weighted by molar-refractivity contribution is 6.31. The van der Waals surface area contributed by atoms with Crippen LogP contribution in [0.3, 0.4) is 0 Å². The Hall–Kier alpha value is -3.10. The summed E-state index contributed by atoms with van der Waals surface area (Å²) in [4.78, 5) is 16.0. The van der Waals surface area contributed by atoms with Crippen LogP contribution in [-0.2, 0) is 4.74 Å². The molecule has 0 fully saturated rings. The summed E-state index contributed by atoms with van der Waals surface area (Å²) in [7, 11) is 1.42. The predicted molar refractivity (Wildman–Crippen MR) is 122 cm³/mol. The summed E-state index contributed by atoms with van der Waals surface area (Å²) < 4.78 is 52.9. The van der Waals surface area contributed by atoms with Crippen LogP contribution in [0.1, 0.15) is 40.2 Å². The number of rotatable bonds is 8. The lowest BCUT2D eigenvalue weighted by atomic mass is 9.81. The summed E-state index contributed by atoms with van der Waals surface area (Å²) in [5, 5.41) is 10.1. The second-order valence-electron chi connectivity index (χ2n) is 7.47. The number of pyridine rings is 1. The van der Waals surface area contributed by atoms with Crippen molar-refractivity contribution >= 4 is 17.6 Å². The average molecular weight is 494 g/mol. The molecule has 180 valence electrons. The number of aliphatic hydroxyl groups is 1. The van der Waals surface area contributed by atoms with Crippen molar-refractivity contribution in [3.05, 3.63) is 82.5 Å². The molecule has 3 rings (SSSR count). The van der Waals surface area contributed by atoms with E-state index in [1.807, 2.05) is 0 Å². The molecule has 2 unspecified atom stereocenters. The first-order valence-corrected chi connectivity index (χ1v) is 10.8. The number of hydrogen-bond acceptors (Lipinski definition) is 5. The third-order valence-electron chi connectivity index (χ3n) is 5.39. The van der Waals surface area contributed by atoms with Crippen molar-refractivity contribution in [3.8, 4) is 17.0 Å². The van der Waals surface area contributed by atoms with Crippen LogP contribution >= 0.6 is 11.6 Å². The molecule has 3 aromatic rings. The number of hydrogen-bond donors (Lipinski definition) is 1. The highest BCUT2D eigenvalue weighted by atomic mass is 35.5. The second kappa shape index (κ2) is 10.9. The molecule has 0 aliphatic heterocycles. The first-order chi connectivity index (χ1) is 16.2. The normalized spacial score (nSPS) is 13.3. The van der Waals surface area contributed by atoms with Crippen molar-refractivity contribution in [1.29, 1.82) is 0 Å². The van der Waals surface area contributed by atoms with Crippen molar-refractivity contribution in [1.82, 2.24) is 4.98 Å². The standard InChI is InChI=1S/C25H23ClF3NO4/c1-3-34-24(32)16-6-4-15(5-7-16)22-12-17(10-11-30-22)23(25(27,28)29)20(14-31)19-9-8-18(33-2)13-21(19)26/h4-13,20,23,31H,3,14H2,1-2H3. The molecule has 0 aliphatic carbocycles. The molecule has 0 saturated carbocycles. The van der Waals surface area contributed by atoms with Crippen LogP contribution in [0.15, 0.2) is 60.8 Å². The highest BCUT2D eigenvalue weighted by Gasteiger charge is 2.46. The van der Waals surface area contributed by atoms with Gasteiger partial charge in [0.15, 0.2) is 0 Å². The number of esters is 1. The molecule has 5 nitrogen and oxygen atoms in total. The van der Waals surface area contributed by atoms with Gasteiger partial charge in [-0.15, -0.1) is 0 Å². The van der Waals surface area contributed by atoms with Crippen LogP contribution in [0.2, 0.25) is 5.02 Å². The van der Waals surface area contributed by atoms with Gasteiger partial charge in [-0.25, -0.2) is 4.79 Å². The van der Waals surface area contributed by atoms with Gasteiger partial charge < -0.3 is 14.6 Å². The van der Waals surface area contributed by atoms with E-state index in [0.717, 1.165) is 0 Å². The van der Waals surface area contributed by atoms with Crippen LogP contribution in [0, 0.1) is 0 Å². The Bertz CT molecular complexity index is 1140. The van der Waals surface area contributed by atoms with E-state index < -0.39 is 30.6 Å². The van der Waals surface area contributed by atoms with Crippen LogP contribution in [-0.4, -0.2) is 42.6 Å². The Balaban J connectivity index is 2.01. The number of nitrogens with zero attached hydrogens (tertiary/aromatic N) is 1. The van der Waals surface area contributed by atoms with E-state index in [0.29, 0.717) is 22.6 Å². The maximum atomic E-state index is 14.3. The van der Waals surface area contributed by atoms with Gasteiger partial charge >= 0.3 is 12.1 Å². The molecule has 1 heterocycles.